The van der Waals surface area contributed by atoms with Crippen molar-refractivity contribution in [3.63, 3.8) is 0 Å². The van der Waals surface area contributed by atoms with Crippen LogP contribution < -0.4 is 0 Å². The van der Waals surface area contributed by atoms with E-state index in [0.717, 1.165) is 25.9 Å². The maximum Gasteiger partial charge on any atom is 0.179 e. The molecular weight excluding hydrogens is 298 g/mol. The van der Waals surface area contributed by atoms with Crippen LogP contribution in [0.3, 0.4) is 0 Å². The van der Waals surface area contributed by atoms with Crippen molar-refractivity contribution in [3.8, 4) is 0 Å². The fourth-order valence-corrected chi connectivity index (χ4v) is 4.26. The van der Waals surface area contributed by atoms with Crippen molar-refractivity contribution >= 4 is 9.84 Å². The average molecular weight is 319 g/mol. The van der Waals surface area contributed by atoms with E-state index in [0.29, 0.717) is 17.4 Å². The van der Waals surface area contributed by atoms with Gasteiger partial charge in [-0.2, -0.15) is 5.10 Å². The number of benzene rings is 1. The maximum atomic E-state index is 12.3. The minimum Gasteiger partial charge on any atom is -0.302 e. The number of likely N-dealkylation sites (tertiary alicyclic amines) is 1. The third kappa shape index (κ3) is 3.56. The number of H-pyrrole nitrogens is 1. The molecule has 1 aromatic heterocycles. The average Bonchev–Trinajstić information content (AvgIpc) is 3.09. The van der Waals surface area contributed by atoms with Gasteiger partial charge in [-0.25, -0.2) is 8.42 Å². The van der Waals surface area contributed by atoms with Crippen molar-refractivity contribution in [2.45, 2.75) is 23.7 Å². The second-order valence-corrected chi connectivity index (χ2v) is 7.87. The molecule has 6 heteroatoms. The van der Waals surface area contributed by atoms with Crippen LogP contribution in [-0.4, -0.2) is 48.9 Å². The first-order valence-corrected chi connectivity index (χ1v) is 9.30. The number of nitrogens with one attached hydrogen (secondary N) is 1. The van der Waals surface area contributed by atoms with Crippen LogP contribution in [0, 0.1) is 0 Å². The summed E-state index contributed by atoms with van der Waals surface area (Å²) in [7, 11) is -3.17. The van der Waals surface area contributed by atoms with Crippen molar-refractivity contribution in [3.05, 3.63) is 48.3 Å². The Hall–Kier alpha value is -1.66. The number of aromatic nitrogens is 2. The first-order chi connectivity index (χ1) is 10.6. The molecule has 0 bridgehead atoms. The van der Waals surface area contributed by atoms with Crippen LogP contribution in [0.4, 0.5) is 0 Å². The summed E-state index contributed by atoms with van der Waals surface area (Å²) in [6.45, 7) is 2.48. The molecule has 1 fully saturated rings. The highest BCUT2D eigenvalue weighted by Crippen LogP contribution is 2.26. The van der Waals surface area contributed by atoms with Crippen molar-refractivity contribution in [1.29, 1.82) is 0 Å². The smallest absolute Gasteiger partial charge is 0.179 e. The Bertz CT molecular complexity index is 675. The normalized spacial score (nSPS) is 17.6. The number of hydrogen-bond acceptors (Lipinski definition) is 4. The highest BCUT2D eigenvalue weighted by atomic mass is 32.2. The van der Waals surface area contributed by atoms with Gasteiger partial charge in [-0.3, -0.25) is 5.10 Å². The summed E-state index contributed by atoms with van der Waals surface area (Å²) in [6.07, 6.45) is 3.88. The Balaban J connectivity index is 1.51. The van der Waals surface area contributed by atoms with E-state index in [4.69, 9.17) is 0 Å². The van der Waals surface area contributed by atoms with Crippen LogP contribution in [-0.2, 0) is 9.84 Å². The standard InChI is InChI=1S/C16H21N3O2S/c20-22(21,15-4-2-1-3-5-15)13-12-19-10-7-14(8-11-19)16-6-9-17-18-16/h1-6,9,14H,7-8,10-13H2,(H,17,18). The molecule has 118 valence electrons. The molecule has 0 aliphatic carbocycles. The Morgan fingerprint density at radius 2 is 1.86 bits per heavy atom. The van der Waals surface area contributed by atoms with E-state index in [2.05, 4.69) is 15.1 Å². The molecule has 0 spiro atoms. The van der Waals surface area contributed by atoms with Gasteiger partial charge in [0.15, 0.2) is 9.84 Å². The van der Waals surface area contributed by atoms with Crippen molar-refractivity contribution in [1.82, 2.24) is 15.1 Å². The molecule has 0 unspecified atom stereocenters. The predicted octanol–water partition coefficient (Wildman–Crippen LogP) is 2.06. The van der Waals surface area contributed by atoms with Gasteiger partial charge in [0.1, 0.15) is 0 Å². The van der Waals surface area contributed by atoms with Crippen molar-refractivity contribution in [2.24, 2.45) is 0 Å². The van der Waals surface area contributed by atoms with Crippen LogP contribution >= 0.6 is 0 Å². The molecule has 3 rings (SSSR count). The Morgan fingerprint density at radius 3 is 2.50 bits per heavy atom. The van der Waals surface area contributed by atoms with Gasteiger partial charge < -0.3 is 4.90 Å². The summed E-state index contributed by atoms with van der Waals surface area (Å²) in [5.41, 5.74) is 1.19. The molecule has 1 N–H and O–H groups in total. The molecule has 5 nitrogen and oxygen atoms in total. The van der Waals surface area contributed by atoms with Gasteiger partial charge in [-0.1, -0.05) is 18.2 Å². The number of hydrogen-bond donors (Lipinski definition) is 1. The molecule has 2 heterocycles. The number of rotatable bonds is 5. The van der Waals surface area contributed by atoms with E-state index in [1.165, 1.54) is 5.69 Å². The van der Waals surface area contributed by atoms with Crippen molar-refractivity contribution < 1.29 is 8.42 Å². The molecule has 0 amide bonds. The molecule has 2 aromatic rings. The predicted molar refractivity (Wildman–Crippen MR) is 85.5 cm³/mol. The third-order valence-electron chi connectivity index (χ3n) is 4.33. The van der Waals surface area contributed by atoms with Crippen LogP contribution in [0.5, 0.6) is 0 Å². The summed E-state index contributed by atoms with van der Waals surface area (Å²) in [4.78, 5) is 2.66. The van der Waals surface area contributed by atoms with Crippen LogP contribution in [0.25, 0.3) is 0 Å². The van der Waals surface area contributed by atoms with Gasteiger partial charge in [0.05, 0.1) is 10.6 Å². The summed E-state index contributed by atoms with van der Waals surface area (Å²) in [5.74, 6) is 0.704. The zero-order chi connectivity index (χ0) is 15.4. The Labute approximate surface area is 131 Å². The van der Waals surface area contributed by atoms with Gasteiger partial charge in [0, 0.05) is 24.4 Å². The lowest BCUT2D eigenvalue weighted by atomic mass is 9.94. The summed E-state index contributed by atoms with van der Waals surface area (Å²) >= 11 is 0. The fraction of sp³-hybridized carbons (Fsp3) is 0.438. The first kappa shape index (κ1) is 15.2. The monoisotopic (exact) mass is 319 g/mol. The lowest BCUT2D eigenvalue weighted by Gasteiger charge is -2.31. The summed E-state index contributed by atoms with van der Waals surface area (Å²) in [5, 5.41) is 7.04. The Morgan fingerprint density at radius 1 is 1.14 bits per heavy atom. The van der Waals surface area contributed by atoms with Gasteiger partial charge >= 0.3 is 0 Å². The van der Waals surface area contributed by atoms with Gasteiger partial charge in [0.2, 0.25) is 0 Å². The molecule has 1 aliphatic rings. The number of nitrogens with zero attached hydrogens (tertiary/aromatic N) is 2. The maximum absolute atomic E-state index is 12.3. The van der Waals surface area contributed by atoms with Crippen LogP contribution in [0.1, 0.15) is 24.5 Å². The molecular formula is C16H21N3O2S. The highest BCUT2D eigenvalue weighted by molar-refractivity contribution is 7.91. The fourth-order valence-electron chi connectivity index (χ4n) is 2.96. The van der Waals surface area contributed by atoms with Gasteiger partial charge in [-0.15, -0.1) is 0 Å². The lowest BCUT2D eigenvalue weighted by molar-refractivity contribution is 0.221. The molecule has 0 atom stereocenters. The summed E-state index contributed by atoms with van der Waals surface area (Å²) in [6, 6.07) is 10.7. The second kappa shape index (κ2) is 6.62. The van der Waals surface area contributed by atoms with E-state index in [1.54, 1.807) is 30.5 Å². The quantitative estimate of drug-likeness (QED) is 0.916. The molecule has 0 radical (unpaired) electrons. The zero-order valence-electron chi connectivity index (χ0n) is 12.5. The van der Waals surface area contributed by atoms with Gasteiger partial charge in [0.25, 0.3) is 0 Å². The minimum absolute atomic E-state index is 0.186. The largest absolute Gasteiger partial charge is 0.302 e. The minimum atomic E-state index is -3.17. The second-order valence-electron chi connectivity index (χ2n) is 5.76. The molecule has 1 aromatic carbocycles. The topological polar surface area (TPSA) is 66.1 Å². The van der Waals surface area contributed by atoms with Crippen LogP contribution in [0.2, 0.25) is 0 Å². The molecule has 22 heavy (non-hydrogen) atoms. The van der Waals surface area contributed by atoms with E-state index in [-0.39, 0.29) is 5.75 Å². The summed E-state index contributed by atoms with van der Waals surface area (Å²) < 4.78 is 24.6. The highest BCUT2D eigenvalue weighted by Gasteiger charge is 2.23. The number of piperidine rings is 1. The third-order valence-corrected chi connectivity index (χ3v) is 6.04. The zero-order valence-corrected chi connectivity index (χ0v) is 13.3. The SMILES string of the molecule is O=S(=O)(CCN1CCC(c2ccn[nH]2)CC1)c1ccccc1. The number of sulfone groups is 1. The van der Waals surface area contributed by atoms with Crippen molar-refractivity contribution in [2.75, 3.05) is 25.4 Å². The van der Waals surface area contributed by atoms with Crippen LogP contribution in [0.15, 0.2) is 47.5 Å². The first-order valence-electron chi connectivity index (χ1n) is 7.64. The lowest BCUT2D eigenvalue weighted by Crippen LogP contribution is -2.36. The molecule has 0 saturated carbocycles. The van der Waals surface area contributed by atoms with E-state index in [9.17, 15) is 8.42 Å². The molecule has 1 saturated heterocycles. The molecule has 1 aliphatic heterocycles. The van der Waals surface area contributed by atoms with Gasteiger partial charge in [-0.05, 0) is 44.1 Å². The van der Waals surface area contributed by atoms with E-state index in [1.807, 2.05) is 12.1 Å². The number of aromatic amines is 1. The van der Waals surface area contributed by atoms with E-state index < -0.39 is 9.84 Å². The Kier molecular flexibility index (Phi) is 4.59. The van der Waals surface area contributed by atoms with E-state index >= 15 is 0 Å².